The van der Waals surface area contributed by atoms with Gasteiger partial charge in [-0.15, -0.1) is 0 Å². The Balaban J connectivity index is 1.03. The Kier molecular flexibility index (Phi) is 6.39. The Morgan fingerprint density at radius 1 is 0.906 bits per heavy atom. The number of aromatic nitrogens is 4. The molecule has 1 aliphatic heterocycles. The summed E-state index contributed by atoms with van der Waals surface area (Å²) in [6.45, 7) is 5.83. The lowest BCUT2D eigenvalue weighted by atomic mass is 9.91. The van der Waals surface area contributed by atoms with Crippen LogP contribution in [0.4, 0.5) is 5.95 Å². The van der Waals surface area contributed by atoms with Crippen LogP contribution in [0.25, 0.3) is 11.1 Å². The molecule has 0 bridgehead atoms. The Morgan fingerprint density at radius 3 is 2.31 bits per heavy atom. The van der Waals surface area contributed by atoms with Crippen molar-refractivity contribution in [2.45, 2.75) is 39.2 Å². The average molecular weight is 430 g/mol. The van der Waals surface area contributed by atoms with Crippen LogP contribution in [0.15, 0.2) is 55.4 Å². The number of anilines is 1. The number of hydrogen-bond donors (Lipinski definition) is 0. The number of ether oxygens (including phenoxy) is 1. The van der Waals surface area contributed by atoms with E-state index in [-0.39, 0.29) is 0 Å². The summed E-state index contributed by atoms with van der Waals surface area (Å²) in [5.74, 6) is 3.28. The maximum absolute atomic E-state index is 6.07. The number of nitrogens with zero attached hydrogens (tertiary/aromatic N) is 5. The molecule has 3 aromatic rings. The molecule has 6 heteroatoms. The van der Waals surface area contributed by atoms with E-state index in [1.54, 1.807) is 6.33 Å². The number of piperidine rings is 1. The summed E-state index contributed by atoms with van der Waals surface area (Å²) in [6, 6.07) is 8.50. The lowest BCUT2D eigenvalue weighted by Gasteiger charge is -2.32. The maximum Gasteiger partial charge on any atom is 0.225 e. The Bertz CT molecular complexity index is 985. The molecule has 6 nitrogen and oxygen atoms in total. The van der Waals surface area contributed by atoms with Crippen LogP contribution in [0, 0.1) is 17.8 Å². The van der Waals surface area contributed by atoms with Gasteiger partial charge in [0.15, 0.2) is 0 Å². The van der Waals surface area contributed by atoms with Gasteiger partial charge in [0.2, 0.25) is 5.95 Å². The van der Waals surface area contributed by atoms with E-state index in [0.717, 1.165) is 60.9 Å². The molecule has 1 saturated carbocycles. The van der Waals surface area contributed by atoms with Crippen LogP contribution in [0.3, 0.4) is 0 Å². The smallest absolute Gasteiger partial charge is 0.225 e. The third-order valence-electron chi connectivity index (χ3n) is 6.95. The molecule has 2 aromatic heterocycles. The summed E-state index contributed by atoms with van der Waals surface area (Å²) >= 11 is 0. The molecule has 2 atom stereocenters. The molecule has 2 aliphatic rings. The highest BCUT2D eigenvalue weighted by atomic mass is 16.5. The fourth-order valence-electron chi connectivity index (χ4n) is 4.83. The molecule has 0 N–H and O–H groups in total. The van der Waals surface area contributed by atoms with E-state index in [1.165, 1.54) is 30.4 Å². The Labute approximate surface area is 190 Å². The van der Waals surface area contributed by atoms with E-state index in [4.69, 9.17) is 4.74 Å². The Morgan fingerprint density at radius 2 is 1.62 bits per heavy atom. The van der Waals surface area contributed by atoms with Crippen molar-refractivity contribution in [1.82, 2.24) is 19.9 Å². The molecule has 0 radical (unpaired) electrons. The predicted octanol–water partition coefficient (Wildman–Crippen LogP) is 4.57. The number of benzene rings is 1. The minimum Gasteiger partial charge on any atom is -0.376 e. The lowest BCUT2D eigenvalue weighted by Crippen LogP contribution is -2.35. The topological polar surface area (TPSA) is 64.0 Å². The summed E-state index contributed by atoms with van der Waals surface area (Å²) in [5, 5.41) is 0. The van der Waals surface area contributed by atoms with Crippen LogP contribution in [-0.4, -0.2) is 39.6 Å². The first-order valence-electron chi connectivity index (χ1n) is 11.8. The molecule has 1 saturated heterocycles. The summed E-state index contributed by atoms with van der Waals surface area (Å²) in [6.07, 6.45) is 13.9. The van der Waals surface area contributed by atoms with Crippen molar-refractivity contribution in [2.75, 3.05) is 24.6 Å². The van der Waals surface area contributed by atoms with E-state index < -0.39 is 0 Å². The fourth-order valence-corrected chi connectivity index (χ4v) is 4.83. The number of rotatable bonds is 8. The van der Waals surface area contributed by atoms with E-state index in [2.05, 4.69) is 56.0 Å². The van der Waals surface area contributed by atoms with E-state index in [0.29, 0.717) is 6.61 Å². The number of hydrogen-bond acceptors (Lipinski definition) is 6. The van der Waals surface area contributed by atoms with Gasteiger partial charge in [0.1, 0.15) is 6.33 Å². The van der Waals surface area contributed by atoms with Crippen molar-refractivity contribution < 1.29 is 4.74 Å². The van der Waals surface area contributed by atoms with Crippen LogP contribution >= 0.6 is 0 Å². The highest BCUT2D eigenvalue weighted by Crippen LogP contribution is 2.48. The van der Waals surface area contributed by atoms with Gasteiger partial charge in [-0.05, 0) is 60.1 Å². The first-order chi connectivity index (χ1) is 15.8. The standard InChI is InChI=1S/C26H31N5O/c1-2-19-12-29-26(30-13-19)31-9-7-22(8-10-31)25-11-23(25)17-32-16-20-3-5-21(6-4-20)24-14-27-18-28-15-24/h3-6,12-15,18,22-23,25H,2,7-11,16-17H2,1H3. The third kappa shape index (κ3) is 4.96. The first kappa shape index (κ1) is 21.0. The second-order valence-electron chi connectivity index (χ2n) is 9.07. The van der Waals surface area contributed by atoms with Gasteiger partial charge in [-0.25, -0.2) is 19.9 Å². The summed E-state index contributed by atoms with van der Waals surface area (Å²) in [5.41, 5.74) is 4.59. The van der Waals surface area contributed by atoms with Gasteiger partial charge in [-0.3, -0.25) is 0 Å². The molecule has 2 fully saturated rings. The summed E-state index contributed by atoms with van der Waals surface area (Å²) < 4.78 is 6.07. The zero-order valence-electron chi connectivity index (χ0n) is 18.7. The van der Waals surface area contributed by atoms with Crippen molar-refractivity contribution >= 4 is 5.95 Å². The van der Waals surface area contributed by atoms with Gasteiger partial charge < -0.3 is 9.64 Å². The molecule has 32 heavy (non-hydrogen) atoms. The van der Waals surface area contributed by atoms with Gasteiger partial charge in [0.05, 0.1) is 13.2 Å². The molecule has 0 spiro atoms. The molecule has 1 aliphatic carbocycles. The van der Waals surface area contributed by atoms with Crippen molar-refractivity contribution in [2.24, 2.45) is 17.8 Å². The van der Waals surface area contributed by atoms with Gasteiger partial charge in [0, 0.05) is 43.4 Å². The minimum absolute atomic E-state index is 0.679. The SMILES string of the molecule is CCc1cnc(N2CCC(C3CC3COCc3ccc(-c4cncnc4)cc3)CC2)nc1. The van der Waals surface area contributed by atoms with Crippen LogP contribution in [0.1, 0.15) is 37.3 Å². The Hall–Kier alpha value is -2.86. The fraction of sp³-hybridized carbons (Fsp3) is 0.462. The molecule has 5 rings (SSSR count). The molecular formula is C26H31N5O. The van der Waals surface area contributed by atoms with Gasteiger partial charge in [0.25, 0.3) is 0 Å². The lowest BCUT2D eigenvalue weighted by molar-refractivity contribution is 0.104. The van der Waals surface area contributed by atoms with Crippen molar-refractivity contribution in [1.29, 1.82) is 0 Å². The van der Waals surface area contributed by atoms with Crippen LogP contribution in [0.5, 0.6) is 0 Å². The normalized spacial score (nSPS) is 21.0. The molecule has 3 heterocycles. The molecule has 0 amide bonds. The third-order valence-corrected chi connectivity index (χ3v) is 6.95. The maximum atomic E-state index is 6.07. The van der Waals surface area contributed by atoms with Crippen molar-refractivity contribution in [3.8, 4) is 11.1 Å². The summed E-state index contributed by atoms with van der Waals surface area (Å²) in [4.78, 5) is 19.6. The van der Waals surface area contributed by atoms with E-state index in [9.17, 15) is 0 Å². The van der Waals surface area contributed by atoms with Crippen LogP contribution in [-0.2, 0) is 17.8 Å². The van der Waals surface area contributed by atoms with Gasteiger partial charge in [-0.1, -0.05) is 31.2 Å². The van der Waals surface area contributed by atoms with E-state index >= 15 is 0 Å². The van der Waals surface area contributed by atoms with Crippen molar-refractivity contribution in [3.05, 3.63) is 66.5 Å². The predicted molar refractivity (Wildman–Crippen MR) is 125 cm³/mol. The first-order valence-corrected chi connectivity index (χ1v) is 11.8. The van der Waals surface area contributed by atoms with Crippen LogP contribution < -0.4 is 4.90 Å². The average Bonchev–Trinajstić information content (AvgIpc) is 3.65. The highest BCUT2D eigenvalue weighted by molar-refractivity contribution is 5.61. The molecular weight excluding hydrogens is 398 g/mol. The van der Waals surface area contributed by atoms with Crippen LogP contribution in [0.2, 0.25) is 0 Å². The molecule has 166 valence electrons. The molecule has 2 unspecified atom stereocenters. The number of aryl methyl sites for hydroxylation is 1. The van der Waals surface area contributed by atoms with E-state index in [1.807, 2.05) is 24.8 Å². The second kappa shape index (κ2) is 9.74. The minimum atomic E-state index is 0.679. The van der Waals surface area contributed by atoms with Gasteiger partial charge >= 0.3 is 0 Å². The zero-order chi connectivity index (χ0) is 21.8. The quantitative estimate of drug-likeness (QED) is 0.523. The summed E-state index contributed by atoms with van der Waals surface area (Å²) in [7, 11) is 0. The van der Waals surface area contributed by atoms with Crippen molar-refractivity contribution in [3.63, 3.8) is 0 Å². The highest BCUT2D eigenvalue weighted by Gasteiger charge is 2.43. The largest absolute Gasteiger partial charge is 0.376 e. The second-order valence-corrected chi connectivity index (χ2v) is 9.07. The monoisotopic (exact) mass is 429 g/mol. The van der Waals surface area contributed by atoms with Gasteiger partial charge in [-0.2, -0.15) is 0 Å². The molecule has 1 aromatic carbocycles. The zero-order valence-corrected chi connectivity index (χ0v) is 18.7.